The average molecular weight is 296 g/mol. The highest BCUT2D eigenvalue weighted by molar-refractivity contribution is 5.79. The first-order valence-electron chi connectivity index (χ1n) is 8.37. The minimum Gasteiger partial charge on any atom is -0.356 e. The maximum absolute atomic E-state index is 11.5. The largest absolute Gasteiger partial charge is 0.356 e. The smallest absolute Gasteiger partial charge is 0.225 e. The van der Waals surface area contributed by atoms with Crippen molar-refractivity contribution in [2.45, 2.75) is 53.4 Å². The van der Waals surface area contributed by atoms with Gasteiger partial charge < -0.3 is 10.2 Å². The fourth-order valence-corrected chi connectivity index (χ4v) is 3.12. The van der Waals surface area contributed by atoms with Crippen molar-refractivity contribution in [2.24, 2.45) is 23.7 Å². The molecule has 2 aliphatic rings. The van der Waals surface area contributed by atoms with Crippen LogP contribution in [0, 0.1) is 23.7 Å². The Morgan fingerprint density at radius 3 is 2.00 bits per heavy atom. The molecule has 2 atom stereocenters. The summed E-state index contributed by atoms with van der Waals surface area (Å²) in [5.41, 5.74) is 0. The quantitative estimate of drug-likeness (QED) is 0.851. The lowest BCUT2D eigenvalue weighted by atomic mass is 9.87. The zero-order chi connectivity index (χ0) is 16.0. The molecule has 4 nitrogen and oxygen atoms in total. The van der Waals surface area contributed by atoms with Gasteiger partial charge in [0.25, 0.3) is 0 Å². The van der Waals surface area contributed by atoms with Crippen LogP contribution < -0.4 is 5.32 Å². The second kappa shape index (κ2) is 8.40. The highest BCUT2D eigenvalue weighted by Crippen LogP contribution is 2.23. The molecule has 0 saturated carbocycles. The van der Waals surface area contributed by atoms with Crippen molar-refractivity contribution in [3.8, 4) is 0 Å². The van der Waals surface area contributed by atoms with Gasteiger partial charge in [-0.25, -0.2) is 0 Å². The molecular weight excluding hydrogens is 264 g/mol. The van der Waals surface area contributed by atoms with E-state index in [2.05, 4.69) is 33.0 Å². The van der Waals surface area contributed by atoms with Crippen LogP contribution in [-0.4, -0.2) is 36.9 Å². The van der Waals surface area contributed by atoms with Crippen molar-refractivity contribution in [2.75, 3.05) is 20.1 Å². The Hall–Kier alpha value is -1.06. The molecule has 2 aliphatic heterocycles. The molecule has 0 bridgehead atoms. The van der Waals surface area contributed by atoms with Gasteiger partial charge in [0.1, 0.15) is 0 Å². The van der Waals surface area contributed by atoms with Gasteiger partial charge in [-0.15, -0.1) is 0 Å². The summed E-state index contributed by atoms with van der Waals surface area (Å²) in [5, 5.41) is 2.87. The first kappa shape index (κ1) is 18.0. The molecule has 1 N–H and O–H groups in total. The predicted molar refractivity (Wildman–Crippen MR) is 85.8 cm³/mol. The van der Waals surface area contributed by atoms with Crippen molar-refractivity contribution in [1.82, 2.24) is 10.2 Å². The Bertz CT molecular complexity index is 353. The lowest BCUT2D eigenvalue weighted by Gasteiger charge is -2.31. The molecular formula is C17H32N2O2. The molecule has 0 aromatic heterocycles. The van der Waals surface area contributed by atoms with E-state index in [0.29, 0.717) is 17.7 Å². The van der Waals surface area contributed by atoms with Crippen LogP contribution >= 0.6 is 0 Å². The molecule has 122 valence electrons. The zero-order valence-corrected chi connectivity index (χ0v) is 14.3. The first-order chi connectivity index (χ1) is 9.84. The van der Waals surface area contributed by atoms with Crippen molar-refractivity contribution in [1.29, 1.82) is 0 Å². The standard InChI is InChI=1S/C9H17NO.C8H15NO/c1-7(2)8-5-4-6-10(3)9(8)11;1-6(2)7-4-3-5-9-8(7)10/h7-8H,4-6H2,1-3H3;6-7H,3-5H2,1-2H3,(H,9,10). The van der Waals surface area contributed by atoms with Gasteiger partial charge in [0, 0.05) is 32.0 Å². The Morgan fingerprint density at radius 1 is 1.00 bits per heavy atom. The van der Waals surface area contributed by atoms with Gasteiger partial charge >= 0.3 is 0 Å². The zero-order valence-electron chi connectivity index (χ0n) is 14.3. The van der Waals surface area contributed by atoms with Gasteiger partial charge in [-0.3, -0.25) is 9.59 Å². The van der Waals surface area contributed by atoms with Crippen molar-refractivity contribution in [3.05, 3.63) is 0 Å². The van der Waals surface area contributed by atoms with Crippen LogP contribution in [-0.2, 0) is 9.59 Å². The molecule has 2 heterocycles. The van der Waals surface area contributed by atoms with Gasteiger partial charge in [0.2, 0.25) is 11.8 Å². The number of rotatable bonds is 2. The third-order valence-electron chi connectivity index (χ3n) is 4.64. The SMILES string of the molecule is CC(C)C1CCCN(C)C1=O.CC(C)C1CCCNC1=O. The monoisotopic (exact) mass is 296 g/mol. The Kier molecular flexibility index (Phi) is 7.20. The van der Waals surface area contributed by atoms with E-state index in [1.54, 1.807) is 0 Å². The molecule has 0 radical (unpaired) electrons. The Labute approximate surface area is 129 Å². The number of nitrogens with zero attached hydrogens (tertiary/aromatic N) is 1. The molecule has 2 fully saturated rings. The number of amides is 2. The number of nitrogens with one attached hydrogen (secondary N) is 1. The predicted octanol–water partition coefficient (Wildman–Crippen LogP) is 2.68. The van der Waals surface area contributed by atoms with E-state index in [1.165, 1.54) is 6.42 Å². The highest BCUT2D eigenvalue weighted by atomic mass is 16.2. The van der Waals surface area contributed by atoms with Crippen molar-refractivity contribution >= 4 is 11.8 Å². The summed E-state index contributed by atoms with van der Waals surface area (Å²) in [6.07, 6.45) is 4.48. The lowest BCUT2D eigenvalue weighted by Crippen LogP contribution is -2.40. The number of piperidine rings is 2. The van der Waals surface area contributed by atoms with Gasteiger partial charge in [0.15, 0.2) is 0 Å². The van der Waals surface area contributed by atoms with Crippen molar-refractivity contribution in [3.63, 3.8) is 0 Å². The van der Waals surface area contributed by atoms with E-state index in [0.717, 1.165) is 32.4 Å². The third kappa shape index (κ3) is 5.33. The van der Waals surface area contributed by atoms with Crippen molar-refractivity contribution < 1.29 is 9.59 Å². The van der Waals surface area contributed by atoms with Crippen LogP contribution in [0.5, 0.6) is 0 Å². The number of carbonyl (C=O) groups is 2. The van der Waals surface area contributed by atoms with Crippen LogP contribution in [0.2, 0.25) is 0 Å². The minimum absolute atomic E-state index is 0.251. The summed E-state index contributed by atoms with van der Waals surface area (Å²) in [4.78, 5) is 24.5. The maximum Gasteiger partial charge on any atom is 0.225 e. The first-order valence-corrected chi connectivity index (χ1v) is 8.37. The fourth-order valence-electron chi connectivity index (χ4n) is 3.12. The molecule has 2 unspecified atom stereocenters. The summed E-state index contributed by atoms with van der Waals surface area (Å²) in [6, 6.07) is 0. The third-order valence-corrected chi connectivity index (χ3v) is 4.64. The summed E-state index contributed by atoms with van der Waals surface area (Å²) in [5.74, 6) is 2.15. The number of likely N-dealkylation sites (tertiary alicyclic amines) is 1. The summed E-state index contributed by atoms with van der Waals surface area (Å²) >= 11 is 0. The van der Waals surface area contributed by atoms with Crippen LogP contribution in [0.15, 0.2) is 0 Å². The summed E-state index contributed by atoms with van der Waals surface area (Å²) in [6.45, 7) is 10.3. The van der Waals surface area contributed by atoms with Crippen LogP contribution in [0.3, 0.4) is 0 Å². The van der Waals surface area contributed by atoms with E-state index in [1.807, 2.05) is 11.9 Å². The summed E-state index contributed by atoms with van der Waals surface area (Å²) < 4.78 is 0. The Balaban J connectivity index is 0.000000211. The summed E-state index contributed by atoms with van der Waals surface area (Å²) in [7, 11) is 1.90. The number of hydrogen-bond acceptors (Lipinski definition) is 2. The van der Waals surface area contributed by atoms with E-state index < -0.39 is 0 Å². The number of hydrogen-bond donors (Lipinski definition) is 1. The second-order valence-corrected chi connectivity index (χ2v) is 7.04. The minimum atomic E-state index is 0.251. The maximum atomic E-state index is 11.5. The van der Waals surface area contributed by atoms with Gasteiger partial charge in [0.05, 0.1) is 0 Å². The molecule has 0 aliphatic carbocycles. The van der Waals surface area contributed by atoms with Crippen LogP contribution in [0.4, 0.5) is 0 Å². The van der Waals surface area contributed by atoms with Gasteiger partial charge in [-0.05, 0) is 37.5 Å². The van der Waals surface area contributed by atoms with E-state index in [4.69, 9.17) is 0 Å². The topological polar surface area (TPSA) is 49.4 Å². The molecule has 0 aromatic rings. The van der Waals surface area contributed by atoms with Gasteiger partial charge in [-0.2, -0.15) is 0 Å². The molecule has 0 spiro atoms. The fraction of sp³-hybridized carbons (Fsp3) is 0.882. The molecule has 2 rings (SSSR count). The van der Waals surface area contributed by atoms with E-state index in [9.17, 15) is 9.59 Å². The molecule has 21 heavy (non-hydrogen) atoms. The lowest BCUT2D eigenvalue weighted by molar-refractivity contribution is -0.138. The molecule has 4 heteroatoms. The normalized spacial score (nSPS) is 26.5. The van der Waals surface area contributed by atoms with E-state index >= 15 is 0 Å². The van der Waals surface area contributed by atoms with Gasteiger partial charge in [-0.1, -0.05) is 27.7 Å². The molecule has 2 saturated heterocycles. The second-order valence-electron chi connectivity index (χ2n) is 7.04. The Morgan fingerprint density at radius 2 is 1.57 bits per heavy atom. The molecule has 2 amide bonds. The highest BCUT2D eigenvalue weighted by Gasteiger charge is 2.28. The van der Waals surface area contributed by atoms with Crippen LogP contribution in [0.1, 0.15) is 53.4 Å². The number of carbonyl (C=O) groups excluding carboxylic acids is 2. The van der Waals surface area contributed by atoms with E-state index in [-0.39, 0.29) is 17.7 Å². The van der Waals surface area contributed by atoms with Crippen LogP contribution in [0.25, 0.3) is 0 Å². The average Bonchev–Trinajstić information content (AvgIpc) is 2.42. The molecule has 0 aromatic carbocycles.